The van der Waals surface area contributed by atoms with E-state index >= 15 is 0 Å². The van der Waals surface area contributed by atoms with Crippen molar-refractivity contribution >= 4 is 8.80 Å². The van der Waals surface area contributed by atoms with Crippen LogP contribution in [0, 0.1) is 5.92 Å². The first kappa shape index (κ1) is 17.1. The summed E-state index contributed by atoms with van der Waals surface area (Å²) >= 11 is 0. The van der Waals surface area contributed by atoms with Crippen LogP contribution in [0.4, 0.5) is 0 Å². The van der Waals surface area contributed by atoms with Crippen molar-refractivity contribution in [3.8, 4) is 0 Å². The van der Waals surface area contributed by atoms with Crippen molar-refractivity contribution in [3.05, 3.63) is 0 Å². The fourth-order valence-corrected chi connectivity index (χ4v) is 4.81. The molecule has 114 valence electrons. The Bertz CT molecular complexity index is 239. The maximum atomic E-state index is 5.48. The molecule has 0 aliphatic carbocycles. The molecule has 1 aliphatic heterocycles. The van der Waals surface area contributed by atoms with Crippen LogP contribution in [0.25, 0.3) is 0 Å². The molecule has 1 unspecified atom stereocenters. The molecule has 0 radical (unpaired) electrons. The SMILES string of the molecule is CO[Si](CCCN1CCCCC1C(C)C)(OC)OC. The van der Waals surface area contributed by atoms with E-state index in [0.29, 0.717) is 0 Å². The summed E-state index contributed by atoms with van der Waals surface area (Å²) in [5, 5.41) is 0. The predicted octanol–water partition coefficient (Wildman–Crippen LogP) is 2.77. The van der Waals surface area contributed by atoms with Gasteiger partial charge in [-0.15, -0.1) is 0 Å². The molecule has 0 saturated carbocycles. The number of nitrogens with zero attached hydrogens (tertiary/aromatic N) is 1. The molecule has 0 amide bonds. The summed E-state index contributed by atoms with van der Waals surface area (Å²) in [5.41, 5.74) is 0. The molecule has 5 heteroatoms. The van der Waals surface area contributed by atoms with Gasteiger partial charge in [0.2, 0.25) is 0 Å². The van der Waals surface area contributed by atoms with Crippen molar-refractivity contribution in [1.29, 1.82) is 0 Å². The van der Waals surface area contributed by atoms with Crippen LogP contribution in [0.15, 0.2) is 0 Å². The highest BCUT2D eigenvalue weighted by Crippen LogP contribution is 2.24. The highest BCUT2D eigenvalue weighted by molar-refractivity contribution is 6.60. The lowest BCUT2D eigenvalue weighted by molar-refractivity contribution is 0.101. The Balaban J connectivity index is 2.42. The van der Waals surface area contributed by atoms with E-state index in [4.69, 9.17) is 13.3 Å². The van der Waals surface area contributed by atoms with Crippen molar-refractivity contribution < 1.29 is 13.3 Å². The maximum absolute atomic E-state index is 5.48. The zero-order valence-corrected chi connectivity index (χ0v) is 14.3. The van der Waals surface area contributed by atoms with Crippen LogP contribution in [-0.4, -0.2) is 54.2 Å². The fourth-order valence-electron chi connectivity index (χ4n) is 3.10. The topological polar surface area (TPSA) is 30.9 Å². The number of hydrogen-bond acceptors (Lipinski definition) is 4. The van der Waals surface area contributed by atoms with Gasteiger partial charge in [-0.25, -0.2) is 0 Å². The van der Waals surface area contributed by atoms with Crippen molar-refractivity contribution in [3.63, 3.8) is 0 Å². The average molecular weight is 289 g/mol. The second kappa shape index (κ2) is 8.37. The Hall–Kier alpha value is 0.0569. The molecule has 19 heavy (non-hydrogen) atoms. The third-order valence-electron chi connectivity index (χ3n) is 4.30. The first-order valence-electron chi connectivity index (χ1n) is 7.48. The monoisotopic (exact) mass is 289 g/mol. The van der Waals surface area contributed by atoms with Crippen molar-refractivity contribution in [2.75, 3.05) is 34.4 Å². The first-order chi connectivity index (χ1) is 9.08. The second-order valence-corrected chi connectivity index (χ2v) is 8.83. The molecule has 0 aromatic rings. The highest BCUT2D eigenvalue weighted by atomic mass is 28.4. The normalized spacial score (nSPS) is 22.1. The summed E-state index contributed by atoms with van der Waals surface area (Å²) in [6, 6.07) is 1.65. The molecule has 1 rings (SSSR count). The molecule has 0 aromatic carbocycles. The van der Waals surface area contributed by atoms with E-state index in [2.05, 4.69) is 18.7 Å². The third-order valence-corrected chi connectivity index (χ3v) is 7.13. The van der Waals surface area contributed by atoms with Gasteiger partial charge in [-0.3, -0.25) is 0 Å². The minimum absolute atomic E-state index is 0.745. The molecular weight excluding hydrogens is 258 g/mol. The van der Waals surface area contributed by atoms with E-state index in [-0.39, 0.29) is 0 Å². The van der Waals surface area contributed by atoms with E-state index in [9.17, 15) is 0 Å². The molecule has 0 bridgehead atoms. The zero-order valence-electron chi connectivity index (χ0n) is 13.3. The Morgan fingerprint density at radius 3 is 2.26 bits per heavy atom. The van der Waals surface area contributed by atoms with Crippen molar-refractivity contribution in [2.24, 2.45) is 5.92 Å². The smallest absolute Gasteiger partial charge is 0.377 e. The maximum Gasteiger partial charge on any atom is 0.500 e. The van der Waals surface area contributed by atoms with Gasteiger partial charge in [0.1, 0.15) is 0 Å². The first-order valence-corrected chi connectivity index (χ1v) is 9.41. The van der Waals surface area contributed by atoms with Gasteiger partial charge in [-0.1, -0.05) is 20.3 Å². The minimum atomic E-state index is -2.38. The largest absolute Gasteiger partial charge is 0.500 e. The summed E-state index contributed by atoms with van der Waals surface area (Å²) in [5.74, 6) is 0.745. The Morgan fingerprint density at radius 1 is 1.11 bits per heavy atom. The van der Waals surface area contributed by atoms with Crippen LogP contribution in [0.3, 0.4) is 0 Å². The van der Waals surface area contributed by atoms with Crippen molar-refractivity contribution in [1.82, 2.24) is 4.90 Å². The van der Waals surface area contributed by atoms with Gasteiger partial charge in [0.05, 0.1) is 0 Å². The van der Waals surface area contributed by atoms with Gasteiger partial charge in [0.25, 0.3) is 0 Å². The van der Waals surface area contributed by atoms with E-state index < -0.39 is 8.80 Å². The lowest BCUT2D eigenvalue weighted by atomic mass is 9.93. The van der Waals surface area contributed by atoms with Gasteiger partial charge in [0.15, 0.2) is 0 Å². The molecule has 1 fully saturated rings. The lowest BCUT2D eigenvalue weighted by Crippen LogP contribution is -2.46. The highest BCUT2D eigenvalue weighted by Gasteiger charge is 2.37. The van der Waals surface area contributed by atoms with Crippen LogP contribution in [0.1, 0.15) is 39.5 Å². The molecule has 1 heterocycles. The molecule has 0 N–H and O–H groups in total. The molecule has 1 atom stereocenters. The predicted molar refractivity (Wildman–Crippen MR) is 80.3 cm³/mol. The summed E-state index contributed by atoms with van der Waals surface area (Å²) in [7, 11) is 2.70. The second-order valence-electron chi connectivity index (χ2n) is 5.74. The Morgan fingerprint density at radius 2 is 1.74 bits per heavy atom. The summed E-state index contributed by atoms with van der Waals surface area (Å²) in [6.07, 6.45) is 5.15. The summed E-state index contributed by atoms with van der Waals surface area (Å²) in [4.78, 5) is 2.65. The lowest BCUT2D eigenvalue weighted by Gasteiger charge is -2.38. The van der Waals surface area contributed by atoms with E-state index in [1.54, 1.807) is 21.3 Å². The van der Waals surface area contributed by atoms with Crippen molar-refractivity contribution in [2.45, 2.75) is 51.6 Å². The van der Waals surface area contributed by atoms with Gasteiger partial charge in [0, 0.05) is 33.4 Å². The standard InChI is InChI=1S/C14H31NO3Si/c1-13(2)14-9-6-7-10-15(14)11-8-12-19(16-3,17-4)18-5/h13-14H,6-12H2,1-5H3. The van der Waals surface area contributed by atoms with E-state index in [1.165, 1.54) is 25.8 Å². The quantitative estimate of drug-likeness (QED) is 0.643. The number of hydrogen-bond donors (Lipinski definition) is 0. The van der Waals surface area contributed by atoms with Gasteiger partial charge < -0.3 is 18.2 Å². The molecule has 0 aromatic heterocycles. The number of rotatable bonds is 8. The average Bonchev–Trinajstić information content (AvgIpc) is 2.44. The van der Waals surface area contributed by atoms with Gasteiger partial charge in [-0.05, 0) is 38.3 Å². The van der Waals surface area contributed by atoms with Gasteiger partial charge >= 0.3 is 8.80 Å². The number of likely N-dealkylation sites (tertiary alicyclic amines) is 1. The third kappa shape index (κ3) is 4.83. The van der Waals surface area contributed by atoms with E-state index in [0.717, 1.165) is 31.0 Å². The molecule has 4 nitrogen and oxygen atoms in total. The summed E-state index contributed by atoms with van der Waals surface area (Å²) < 4.78 is 16.4. The van der Waals surface area contributed by atoms with Crippen LogP contribution >= 0.6 is 0 Å². The molecule has 1 saturated heterocycles. The fraction of sp³-hybridized carbons (Fsp3) is 1.00. The summed E-state index contributed by atoms with van der Waals surface area (Å²) in [6.45, 7) is 7.04. The van der Waals surface area contributed by atoms with Crippen LogP contribution in [0.5, 0.6) is 0 Å². The van der Waals surface area contributed by atoms with Gasteiger partial charge in [-0.2, -0.15) is 0 Å². The van der Waals surface area contributed by atoms with Crippen LogP contribution in [0.2, 0.25) is 6.04 Å². The molecule has 0 spiro atoms. The molecular formula is C14H31NO3Si. The van der Waals surface area contributed by atoms with E-state index in [1.807, 2.05) is 0 Å². The minimum Gasteiger partial charge on any atom is -0.377 e. The van der Waals surface area contributed by atoms with Crippen LogP contribution in [-0.2, 0) is 13.3 Å². The molecule has 1 aliphatic rings. The Kier molecular flexibility index (Phi) is 7.53. The number of piperidine rings is 1. The van der Waals surface area contributed by atoms with Crippen LogP contribution < -0.4 is 0 Å². The Labute approximate surface area is 119 Å². The zero-order chi connectivity index (χ0) is 14.3.